The lowest BCUT2D eigenvalue weighted by Gasteiger charge is -2.14. The van der Waals surface area contributed by atoms with Crippen LogP contribution in [-0.2, 0) is 11.2 Å². The highest BCUT2D eigenvalue weighted by Crippen LogP contribution is 2.35. The van der Waals surface area contributed by atoms with E-state index >= 15 is 0 Å². The molecule has 0 atom stereocenters. The van der Waals surface area contributed by atoms with Crippen molar-refractivity contribution in [3.05, 3.63) is 48.3 Å². The molecule has 1 aromatic carbocycles. The molecule has 0 aliphatic carbocycles. The summed E-state index contributed by atoms with van der Waals surface area (Å²) in [5, 5.41) is 8.86. The van der Waals surface area contributed by atoms with Gasteiger partial charge in [0.05, 0.1) is 6.42 Å². The van der Waals surface area contributed by atoms with Crippen LogP contribution in [0.1, 0.15) is 5.56 Å². The number of alkyl halides is 3. The number of aromatic nitrogens is 1. The number of para-hydroxylation sites is 1. The molecular formula is C14H10F3NO3. The number of ether oxygens (including phenoxy) is 1. The molecule has 110 valence electrons. The molecule has 4 nitrogen and oxygen atoms in total. The Morgan fingerprint density at radius 1 is 1.19 bits per heavy atom. The van der Waals surface area contributed by atoms with Crippen LogP contribution in [0.4, 0.5) is 13.2 Å². The van der Waals surface area contributed by atoms with Crippen molar-refractivity contribution in [2.45, 2.75) is 12.8 Å². The third kappa shape index (κ3) is 3.95. The standard InChI is InChI=1S/C14H10F3NO3/c15-14(16,17)21-12-4-2-1-3-10(12)11-8-18-6-5-9(11)7-13(19)20/h1-6,8H,7H2,(H,19,20). The van der Waals surface area contributed by atoms with Crippen molar-refractivity contribution < 1.29 is 27.8 Å². The van der Waals surface area contributed by atoms with E-state index in [1.165, 1.54) is 42.7 Å². The first-order chi connectivity index (χ1) is 9.87. The smallest absolute Gasteiger partial charge is 0.481 e. The maximum atomic E-state index is 12.4. The van der Waals surface area contributed by atoms with E-state index in [4.69, 9.17) is 5.11 Å². The summed E-state index contributed by atoms with van der Waals surface area (Å²) in [4.78, 5) is 14.7. The molecule has 0 bridgehead atoms. The van der Waals surface area contributed by atoms with Crippen molar-refractivity contribution in [1.29, 1.82) is 0 Å². The third-order valence-corrected chi connectivity index (χ3v) is 2.66. The minimum Gasteiger partial charge on any atom is -0.481 e. The summed E-state index contributed by atoms with van der Waals surface area (Å²) < 4.78 is 41.2. The fraction of sp³-hybridized carbons (Fsp3) is 0.143. The highest BCUT2D eigenvalue weighted by Gasteiger charge is 2.32. The first-order valence-corrected chi connectivity index (χ1v) is 5.86. The summed E-state index contributed by atoms with van der Waals surface area (Å²) in [6, 6.07) is 6.98. The number of rotatable bonds is 4. The predicted molar refractivity (Wildman–Crippen MR) is 67.7 cm³/mol. The van der Waals surface area contributed by atoms with Crippen molar-refractivity contribution in [2.24, 2.45) is 0 Å². The van der Waals surface area contributed by atoms with Gasteiger partial charge in [0, 0.05) is 23.5 Å². The van der Waals surface area contributed by atoms with E-state index in [0.717, 1.165) is 0 Å². The Morgan fingerprint density at radius 2 is 1.90 bits per heavy atom. The second kappa shape index (κ2) is 5.82. The fourth-order valence-corrected chi connectivity index (χ4v) is 1.89. The number of aliphatic carboxylic acids is 1. The molecule has 0 unspecified atom stereocenters. The van der Waals surface area contributed by atoms with Gasteiger partial charge in [-0.1, -0.05) is 18.2 Å². The van der Waals surface area contributed by atoms with Crippen molar-refractivity contribution in [2.75, 3.05) is 0 Å². The van der Waals surface area contributed by atoms with Gasteiger partial charge in [-0.2, -0.15) is 0 Å². The molecule has 2 aromatic rings. The number of pyridine rings is 1. The van der Waals surface area contributed by atoms with Gasteiger partial charge in [-0.15, -0.1) is 13.2 Å². The van der Waals surface area contributed by atoms with Crippen molar-refractivity contribution in [3.8, 4) is 16.9 Å². The lowest BCUT2D eigenvalue weighted by Crippen LogP contribution is -2.17. The third-order valence-electron chi connectivity index (χ3n) is 2.66. The Morgan fingerprint density at radius 3 is 2.57 bits per heavy atom. The van der Waals surface area contributed by atoms with Crippen LogP contribution >= 0.6 is 0 Å². The van der Waals surface area contributed by atoms with E-state index < -0.39 is 18.1 Å². The van der Waals surface area contributed by atoms with Crippen LogP contribution in [-0.4, -0.2) is 22.4 Å². The lowest BCUT2D eigenvalue weighted by molar-refractivity contribution is -0.274. The molecule has 0 saturated carbocycles. The van der Waals surface area contributed by atoms with Gasteiger partial charge < -0.3 is 9.84 Å². The van der Waals surface area contributed by atoms with Crippen LogP contribution in [0.15, 0.2) is 42.7 Å². The minimum absolute atomic E-state index is 0.138. The maximum Gasteiger partial charge on any atom is 0.573 e. The van der Waals surface area contributed by atoms with Crippen molar-refractivity contribution >= 4 is 5.97 Å². The van der Waals surface area contributed by atoms with Crippen molar-refractivity contribution in [3.63, 3.8) is 0 Å². The van der Waals surface area contributed by atoms with Gasteiger partial charge in [0.1, 0.15) is 5.75 Å². The largest absolute Gasteiger partial charge is 0.573 e. The number of hydrogen-bond donors (Lipinski definition) is 1. The summed E-state index contributed by atoms with van der Waals surface area (Å²) in [5.41, 5.74) is 0.787. The monoisotopic (exact) mass is 297 g/mol. The number of benzene rings is 1. The molecule has 2 rings (SSSR count). The Hall–Kier alpha value is -2.57. The zero-order valence-corrected chi connectivity index (χ0v) is 10.6. The van der Waals surface area contributed by atoms with E-state index in [1.54, 1.807) is 0 Å². The number of carboxylic acids is 1. The molecule has 1 aromatic heterocycles. The quantitative estimate of drug-likeness (QED) is 0.941. The predicted octanol–water partition coefficient (Wildman–Crippen LogP) is 3.27. The van der Waals surface area contributed by atoms with E-state index in [0.29, 0.717) is 11.1 Å². The summed E-state index contributed by atoms with van der Waals surface area (Å²) in [5.74, 6) is -1.48. The summed E-state index contributed by atoms with van der Waals surface area (Å²) in [7, 11) is 0. The van der Waals surface area contributed by atoms with Crippen LogP contribution in [0, 0.1) is 0 Å². The van der Waals surface area contributed by atoms with E-state index in [2.05, 4.69) is 9.72 Å². The fourth-order valence-electron chi connectivity index (χ4n) is 1.89. The molecular weight excluding hydrogens is 287 g/mol. The van der Waals surface area contributed by atoms with Gasteiger partial charge in [-0.25, -0.2) is 0 Å². The number of carboxylic acid groups (broad SMARTS) is 1. The molecule has 1 N–H and O–H groups in total. The lowest BCUT2D eigenvalue weighted by atomic mass is 9.99. The highest BCUT2D eigenvalue weighted by atomic mass is 19.4. The number of nitrogens with zero attached hydrogens (tertiary/aromatic N) is 1. The molecule has 1 heterocycles. The van der Waals surface area contributed by atoms with Crippen LogP contribution in [0.3, 0.4) is 0 Å². The number of carbonyl (C=O) groups is 1. The number of halogens is 3. The van der Waals surface area contributed by atoms with Crippen molar-refractivity contribution in [1.82, 2.24) is 4.98 Å². The Balaban J connectivity index is 2.50. The molecule has 0 radical (unpaired) electrons. The maximum absolute atomic E-state index is 12.4. The molecule has 21 heavy (non-hydrogen) atoms. The van der Waals surface area contributed by atoms with E-state index in [1.807, 2.05) is 0 Å². The molecule has 0 amide bonds. The van der Waals surface area contributed by atoms with Crippen LogP contribution in [0.25, 0.3) is 11.1 Å². The Labute approximate surface area is 117 Å². The molecule has 7 heteroatoms. The zero-order valence-electron chi connectivity index (χ0n) is 10.6. The zero-order chi connectivity index (χ0) is 15.5. The normalized spacial score (nSPS) is 11.2. The molecule has 0 spiro atoms. The van der Waals surface area contributed by atoms with Gasteiger partial charge in [-0.3, -0.25) is 9.78 Å². The van der Waals surface area contributed by atoms with Crippen LogP contribution < -0.4 is 4.74 Å². The average molecular weight is 297 g/mol. The molecule has 0 aliphatic rings. The number of hydrogen-bond acceptors (Lipinski definition) is 3. The second-order valence-corrected chi connectivity index (χ2v) is 4.15. The summed E-state index contributed by atoms with van der Waals surface area (Å²) in [6.45, 7) is 0. The van der Waals surface area contributed by atoms with Gasteiger partial charge in [-0.05, 0) is 17.7 Å². The highest BCUT2D eigenvalue weighted by molar-refractivity contribution is 5.78. The van der Waals surface area contributed by atoms with Gasteiger partial charge in [0.2, 0.25) is 0 Å². The van der Waals surface area contributed by atoms with Crippen LogP contribution in [0.5, 0.6) is 5.75 Å². The van der Waals surface area contributed by atoms with Gasteiger partial charge in [0.15, 0.2) is 0 Å². The minimum atomic E-state index is -4.83. The Bertz CT molecular complexity index is 656. The first-order valence-electron chi connectivity index (χ1n) is 5.86. The van der Waals surface area contributed by atoms with E-state index in [9.17, 15) is 18.0 Å². The molecule has 0 aliphatic heterocycles. The molecule has 0 saturated heterocycles. The van der Waals surface area contributed by atoms with E-state index in [-0.39, 0.29) is 12.0 Å². The van der Waals surface area contributed by atoms with Gasteiger partial charge in [0.25, 0.3) is 0 Å². The molecule has 0 fully saturated rings. The van der Waals surface area contributed by atoms with Crippen LogP contribution in [0.2, 0.25) is 0 Å². The SMILES string of the molecule is O=C(O)Cc1ccncc1-c1ccccc1OC(F)(F)F. The topological polar surface area (TPSA) is 59.4 Å². The summed E-state index contributed by atoms with van der Waals surface area (Å²) >= 11 is 0. The first kappa shape index (κ1) is 14.8. The average Bonchev–Trinajstić information content (AvgIpc) is 2.38. The van der Waals surface area contributed by atoms with Gasteiger partial charge >= 0.3 is 12.3 Å². The Kier molecular flexibility index (Phi) is 4.11. The second-order valence-electron chi connectivity index (χ2n) is 4.15. The summed E-state index contributed by atoms with van der Waals surface area (Å²) in [6.07, 6.45) is -2.45.